The Bertz CT molecular complexity index is 520. The fourth-order valence-electron chi connectivity index (χ4n) is 1.63. The van der Waals surface area contributed by atoms with Gasteiger partial charge in [-0.15, -0.1) is 0 Å². The zero-order valence-corrected chi connectivity index (χ0v) is 10.7. The number of nitrogens with one attached hydrogen (secondary N) is 1. The van der Waals surface area contributed by atoms with Gasteiger partial charge in [-0.2, -0.15) is 0 Å². The van der Waals surface area contributed by atoms with Crippen LogP contribution in [0.5, 0.6) is 0 Å². The monoisotopic (exact) mass is 230 g/mol. The van der Waals surface area contributed by atoms with Crippen LogP contribution in [0.25, 0.3) is 10.9 Å². The van der Waals surface area contributed by atoms with Crippen molar-refractivity contribution in [3.63, 3.8) is 0 Å². The Morgan fingerprint density at radius 1 is 1.12 bits per heavy atom. The predicted octanol–water partition coefficient (Wildman–Crippen LogP) is 2.97. The summed E-state index contributed by atoms with van der Waals surface area (Å²) in [5.41, 5.74) is 0.946. The number of nitrogens with zero attached hydrogens (tertiary/aromatic N) is 3. The standard InChI is InChI=1S/C13H18N4/c1-8(2)12-16-11-5-6-14-7-10(11)13(17-12)15-9(3)4/h5-9H,1-4H3,(H,15,16,17). The number of hydrogen-bond acceptors (Lipinski definition) is 4. The molecule has 2 aromatic heterocycles. The zero-order chi connectivity index (χ0) is 12.4. The molecule has 0 amide bonds. The molecule has 90 valence electrons. The zero-order valence-electron chi connectivity index (χ0n) is 10.7. The van der Waals surface area contributed by atoms with Crippen LogP contribution in [-0.2, 0) is 0 Å². The van der Waals surface area contributed by atoms with Gasteiger partial charge in [0.2, 0.25) is 0 Å². The lowest BCUT2D eigenvalue weighted by Crippen LogP contribution is -2.13. The molecule has 0 unspecified atom stereocenters. The summed E-state index contributed by atoms with van der Waals surface area (Å²) in [4.78, 5) is 13.3. The van der Waals surface area contributed by atoms with E-state index in [4.69, 9.17) is 0 Å². The second-order valence-electron chi connectivity index (χ2n) is 4.78. The second-order valence-corrected chi connectivity index (χ2v) is 4.78. The molecule has 0 aliphatic carbocycles. The van der Waals surface area contributed by atoms with Crippen molar-refractivity contribution in [3.05, 3.63) is 24.3 Å². The average Bonchev–Trinajstić information content (AvgIpc) is 2.28. The maximum atomic E-state index is 4.58. The average molecular weight is 230 g/mol. The third-order valence-corrected chi connectivity index (χ3v) is 2.46. The predicted molar refractivity (Wildman–Crippen MR) is 70.2 cm³/mol. The van der Waals surface area contributed by atoms with Gasteiger partial charge in [-0.3, -0.25) is 4.98 Å². The molecule has 17 heavy (non-hydrogen) atoms. The minimum atomic E-state index is 0.320. The van der Waals surface area contributed by atoms with Gasteiger partial charge in [0.25, 0.3) is 0 Å². The van der Waals surface area contributed by atoms with Crippen LogP contribution in [0, 0.1) is 0 Å². The van der Waals surface area contributed by atoms with Gasteiger partial charge in [-0.05, 0) is 19.9 Å². The molecule has 0 saturated carbocycles. The summed E-state index contributed by atoms with van der Waals surface area (Å²) in [6.45, 7) is 8.39. The van der Waals surface area contributed by atoms with Crippen LogP contribution in [0.4, 0.5) is 5.82 Å². The van der Waals surface area contributed by atoms with Crippen molar-refractivity contribution >= 4 is 16.7 Å². The van der Waals surface area contributed by atoms with E-state index in [1.54, 1.807) is 6.20 Å². The van der Waals surface area contributed by atoms with Crippen molar-refractivity contribution in [2.24, 2.45) is 0 Å². The third-order valence-electron chi connectivity index (χ3n) is 2.46. The van der Waals surface area contributed by atoms with E-state index < -0.39 is 0 Å². The Hall–Kier alpha value is -1.71. The van der Waals surface area contributed by atoms with Gasteiger partial charge in [0.1, 0.15) is 11.6 Å². The van der Waals surface area contributed by atoms with Gasteiger partial charge in [0.15, 0.2) is 0 Å². The van der Waals surface area contributed by atoms with Crippen molar-refractivity contribution in [3.8, 4) is 0 Å². The minimum Gasteiger partial charge on any atom is -0.367 e. The minimum absolute atomic E-state index is 0.320. The van der Waals surface area contributed by atoms with Crippen LogP contribution in [0.2, 0.25) is 0 Å². The van der Waals surface area contributed by atoms with Gasteiger partial charge in [-0.1, -0.05) is 13.8 Å². The van der Waals surface area contributed by atoms with E-state index in [0.29, 0.717) is 12.0 Å². The Labute approximate surface area is 102 Å². The van der Waals surface area contributed by atoms with Gasteiger partial charge < -0.3 is 5.32 Å². The largest absolute Gasteiger partial charge is 0.367 e. The van der Waals surface area contributed by atoms with Crippen LogP contribution in [0.1, 0.15) is 39.4 Å². The summed E-state index contributed by atoms with van der Waals surface area (Å²) in [6, 6.07) is 2.27. The maximum absolute atomic E-state index is 4.58. The number of aromatic nitrogens is 3. The van der Waals surface area contributed by atoms with Gasteiger partial charge >= 0.3 is 0 Å². The Kier molecular flexibility index (Phi) is 3.22. The molecular weight excluding hydrogens is 212 g/mol. The van der Waals surface area contributed by atoms with Crippen molar-refractivity contribution in [1.29, 1.82) is 0 Å². The molecule has 2 rings (SSSR count). The molecule has 0 atom stereocenters. The first-order valence-corrected chi connectivity index (χ1v) is 5.96. The van der Waals surface area contributed by atoms with Crippen LogP contribution in [0.15, 0.2) is 18.5 Å². The van der Waals surface area contributed by atoms with Crippen molar-refractivity contribution < 1.29 is 0 Å². The highest BCUT2D eigenvalue weighted by Crippen LogP contribution is 2.22. The Morgan fingerprint density at radius 2 is 1.88 bits per heavy atom. The van der Waals surface area contributed by atoms with E-state index in [0.717, 1.165) is 22.5 Å². The number of fused-ring (bicyclic) bond motifs is 1. The molecule has 2 heterocycles. The normalized spacial score (nSPS) is 11.4. The topological polar surface area (TPSA) is 50.7 Å². The maximum Gasteiger partial charge on any atom is 0.139 e. The quantitative estimate of drug-likeness (QED) is 0.880. The molecule has 4 nitrogen and oxygen atoms in total. The van der Waals surface area contributed by atoms with Crippen LogP contribution < -0.4 is 5.32 Å². The van der Waals surface area contributed by atoms with Crippen molar-refractivity contribution in [2.75, 3.05) is 5.32 Å². The SMILES string of the molecule is CC(C)Nc1nc(C(C)C)nc2ccncc12. The Morgan fingerprint density at radius 3 is 2.53 bits per heavy atom. The third kappa shape index (κ3) is 2.52. The molecule has 1 N–H and O–H groups in total. The van der Waals surface area contributed by atoms with E-state index in [9.17, 15) is 0 Å². The second kappa shape index (κ2) is 4.65. The molecule has 0 aromatic carbocycles. The smallest absolute Gasteiger partial charge is 0.139 e. The molecule has 0 spiro atoms. The summed E-state index contributed by atoms with van der Waals surface area (Å²) in [5, 5.41) is 4.33. The first-order valence-electron chi connectivity index (χ1n) is 5.96. The van der Waals surface area contributed by atoms with E-state index in [1.165, 1.54) is 0 Å². The molecule has 0 fully saturated rings. The van der Waals surface area contributed by atoms with E-state index in [2.05, 4.69) is 48.0 Å². The number of rotatable bonds is 3. The van der Waals surface area contributed by atoms with Crippen LogP contribution >= 0.6 is 0 Å². The van der Waals surface area contributed by atoms with Crippen molar-refractivity contribution in [2.45, 2.75) is 39.7 Å². The molecule has 0 bridgehead atoms. The lowest BCUT2D eigenvalue weighted by Gasteiger charge is -2.14. The van der Waals surface area contributed by atoms with E-state index in [-0.39, 0.29) is 0 Å². The summed E-state index contributed by atoms with van der Waals surface area (Å²) >= 11 is 0. The first kappa shape index (κ1) is 11.8. The fourth-order valence-corrected chi connectivity index (χ4v) is 1.63. The van der Waals surface area contributed by atoms with Gasteiger partial charge in [-0.25, -0.2) is 9.97 Å². The highest BCUT2D eigenvalue weighted by Gasteiger charge is 2.10. The molecule has 0 aliphatic rings. The van der Waals surface area contributed by atoms with Gasteiger partial charge in [0, 0.05) is 24.4 Å². The molecule has 2 aromatic rings. The Balaban J connectivity index is 2.60. The molecule has 0 saturated heterocycles. The first-order chi connectivity index (χ1) is 8.08. The number of anilines is 1. The van der Waals surface area contributed by atoms with E-state index in [1.807, 2.05) is 12.3 Å². The van der Waals surface area contributed by atoms with Crippen LogP contribution in [-0.4, -0.2) is 21.0 Å². The summed E-state index contributed by atoms with van der Waals surface area (Å²) in [5.74, 6) is 2.06. The van der Waals surface area contributed by atoms with Crippen molar-refractivity contribution in [1.82, 2.24) is 15.0 Å². The molecule has 0 aliphatic heterocycles. The lowest BCUT2D eigenvalue weighted by atomic mass is 10.2. The molecular formula is C13H18N4. The molecule has 4 heteroatoms. The summed E-state index contributed by atoms with van der Waals surface area (Å²) < 4.78 is 0. The highest BCUT2D eigenvalue weighted by atomic mass is 15.0. The summed E-state index contributed by atoms with van der Waals surface area (Å²) in [7, 11) is 0. The molecule has 0 radical (unpaired) electrons. The van der Waals surface area contributed by atoms with Crippen LogP contribution in [0.3, 0.4) is 0 Å². The highest BCUT2D eigenvalue weighted by molar-refractivity contribution is 5.88. The number of hydrogen-bond donors (Lipinski definition) is 1. The summed E-state index contributed by atoms with van der Waals surface area (Å²) in [6.07, 6.45) is 3.57. The number of pyridine rings is 1. The fraction of sp³-hybridized carbons (Fsp3) is 0.462. The lowest BCUT2D eigenvalue weighted by molar-refractivity contribution is 0.778. The van der Waals surface area contributed by atoms with Gasteiger partial charge in [0.05, 0.1) is 10.9 Å². The van der Waals surface area contributed by atoms with E-state index >= 15 is 0 Å².